The van der Waals surface area contributed by atoms with Crippen molar-refractivity contribution in [2.45, 2.75) is 32.5 Å². The number of alkyl carbamates (subject to hydrolysis) is 1. The topological polar surface area (TPSA) is 87.2 Å². The van der Waals surface area contributed by atoms with Crippen molar-refractivity contribution in [3.05, 3.63) is 0 Å². The molecule has 1 heterocycles. The molecule has 0 aromatic heterocycles. The maximum atomic E-state index is 11.5. The van der Waals surface area contributed by atoms with E-state index in [0.717, 1.165) is 19.7 Å². The lowest BCUT2D eigenvalue weighted by molar-refractivity contribution is -0.0161. The quantitative estimate of drug-likeness (QED) is 0.374. The number of guanidine groups is 1. The first kappa shape index (κ1) is 19.5. The van der Waals surface area contributed by atoms with Gasteiger partial charge in [-0.1, -0.05) is 0 Å². The highest BCUT2D eigenvalue weighted by Gasteiger charge is 2.18. The largest absolute Gasteiger partial charge is 0.444 e. The highest BCUT2D eigenvalue weighted by Crippen LogP contribution is 2.06. The molecule has 1 amide bonds. The highest BCUT2D eigenvalue weighted by atomic mass is 16.6. The smallest absolute Gasteiger partial charge is 0.407 e. The van der Waals surface area contributed by atoms with Gasteiger partial charge in [-0.2, -0.15) is 0 Å². The third-order valence-corrected chi connectivity index (χ3v) is 3.15. The maximum absolute atomic E-state index is 11.5. The van der Waals surface area contributed by atoms with Crippen LogP contribution in [0.5, 0.6) is 0 Å². The molecule has 1 aliphatic rings. The number of ether oxygens (including phenoxy) is 2. The zero-order chi connectivity index (χ0) is 17.3. The molecule has 1 atom stereocenters. The Kier molecular flexibility index (Phi) is 8.11. The summed E-state index contributed by atoms with van der Waals surface area (Å²) < 4.78 is 10.8. The van der Waals surface area contributed by atoms with E-state index in [2.05, 4.69) is 32.9 Å². The van der Waals surface area contributed by atoms with Gasteiger partial charge in [-0.05, 0) is 27.8 Å². The van der Waals surface area contributed by atoms with E-state index in [-0.39, 0.29) is 6.10 Å². The van der Waals surface area contributed by atoms with Crippen LogP contribution in [-0.2, 0) is 9.47 Å². The molecule has 23 heavy (non-hydrogen) atoms. The fourth-order valence-electron chi connectivity index (χ4n) is 2.08. The van der Waals surface area contributed by atoms with Gasteiger partial charge in [0, 0.05) is 39.8 Å². The molecule has 0 aliphatic carbocycles. The van der Waals surface area contributed by atoms with Gasteiger partial charge in [-0.15, -0.1) is 0 Å². The van der Waals surface area contributed by atoms with Crippen molar-refractivity contribution in [1.29, 1.82) is 0 Å². The van der Waals surface area contributed by atoms with Crippen LogP contribution in [-0.4, -0.2) is 82.1 Å². The van der Waals surface area contributed by atoms with Gasteiger partial charge < -0.3 is 30.3 Å². The lowest BCUT2D eigenvalue weighted by Gasteiger charge is -2.30. The molecule has 8 nitrogen and oxygen atoms in total. The van der Waals surface area contributed by atoms with Crippen LogP contribution < -0.4 is 16.0 Å². The summed E-state index contributed by atoms with van der Waals surface area (Å²) in [4.78, 5) is 17.9. The van der Waals surface area contributed by atoms with Crippen molar-refractivity contribution >= 4 is 12.1 Å². The number of nitrogens with zero attached hydrogens (tertiary/aromatic N) is 2. The molecule has 0 bridgehead atoms. The van der Waals surface area contributed by atoms with Crippen LogP contribution in [0.25, 0.3) is 0 Å². The van der Waals surface area contributed by atoms with E-state index < -0.39 is 11.7 Å². The zero-order valence-electron chi connectivity index (χ0n) is 14.9. The van der Waals surface area contributed by atoms with E-state index in [1.807, 2.05) is 20.8 Å². The fourth-order valence-corrected chi connectivity index (χ4v) is 2.08. The molecule has 3 N–H and O–H groups in total. The van der Waals surface area contributed by atoms with E-state index in [1.165, 1.54) is 0 Å². The highest BCUT2D eigenvalue weighted by molar-refractivity contribution is 5.79. The molecule has 8 heteroatoms. The number of rotatable bonds is 5. The van der Waals surface area contributed by atoms with Gasteiger partial charge in [0.15, 0.2) is 5.96 Å². The summed E-state index contributed by atoms with van der Waals surface area (Å²) in [5.41, 5.74) is -0.484. The minimum absolute atomic E-state index is 0.159. The van der Waals surface area contributed by atoms with Crippen LogP contribution in [0.2, 0.25) is 0 Å². The Balaban J connectivity index is 2.15. The molecule has 1 rings (SSSR count). The third kappa shape index (κ3) is 9.25. The Morgan fingerprint density at radius 2 is 2.00 bits per heavy atom. The number of hydrogen-bond acceptors (Lipinski definition) is 5. The van der Waals surface area contributed by atoms with E-state index >= 15 is 0 Å². The van der Waals surface area contributed by atoms with Gasteiger partial charge in [-0.25, -0.2) is 4.79 Å². The number of carbonyl (C=O) groups is 1. The Morgan fingerprint density at radius 1 is 1.30 bits per heavy atom. The number of hydrogen-bond donors (Lipinski definition) is 3. The molecule has 0 radical (unpaired) electrons. The Hall–Kier alpha value is -1.54. The van der Waals surface area contributed by atoms with Gasteiger partial charge in [0.05, 0.1) is 12.7 Å². The maximum Gasteiger partial charge on any atom is 0.407 e. The molecule has 0 spiro atoms. The predicted molar refractivity (Wildman–Crippen MR) is 90.8 cm³/mol. The number of aliphatic imine (C=N–C) groups is 1. The summed E-state index contributed by atoms with van der Waals surface area (Å²) in [5, 5.41) is 9.06. The summed E-state index contributed by atoms with van der Waals surface area (Å²) in [6.07, 6.45) is -0.256. The molecule has 134 valence electrons. The second kappa shape index (κ2) is 9.57. The molecule has 0 aromatic rings. The fraction of sp³-hybridized carbons (Fsp3) is 0.867. The lowest BCUT2D eigenvalue weighted by atomic mass is 10.2. The van der Waals surface area contributed by atoms with Crippen LogP contribution >= 0.6 is 0 Å². The SMILES string of the molecule is CN=C(NCCNC(=O)OC(C)(C)C)NCC1CN(C)CCO1. The first-order valence-electron chi connectivity index (χ1n) is 8.01. The van der Waals surface area contributed by atoms with Crippen molar-refractivity contribution in [3.63, 3.8) is 0 Å². The average molecular weight is 329 g/mol. The van der Waals surface area contributed by atoms with Crippen molar-refractivity contribution in [2.24, 2.45) is 4.99 Å². The van der Waals surface area contributed by atoms with E-state index in [4.69, 9.17) is 9.47 Å². The lowest BCUT2D eigenvalue weighted by Crippen LogP contribution is -2.49. The normalized spacial score (nSPS) is 20.0. The van der Waals surface area contributed by atoms with Gasteiger partial charge in [-0.3, -0.25) is 4.99 Å². The third-order valence-electron chi connectivity index (χ3n) is 3.15. The molecule has 0 saturated carbocycles. The summed E-state index contributed by atoms with van der Waals surface area (Å²) in [6, 6.07) is 0. The molecule has 1 saturated heterocycles. The number of amides is 1. The molecule has 1 fully saturated rings. The second-order valence-electron chi connectivity index (χ2n) is 6.56. The van der Waals surface area contributed by atoms with E-state index in [0.29, 0.717) is 25.6 Å². The minimum Gasteiger partial charge on any atom is -0.444 e. The Morgan fingerprint density at radius 3 is 2.61 bits per heavy atom. The molecule has 0 aromatic carbocycles. The summed E-state index contributed by atoms with van der Waals surface area (Å²) in [5.74, 6) is 0.688. The van der Waals surface area contributed by atoms with Crippen LogP contribution in [0.4, 0.5) is 4.79 Å². The molecule has 1 aliphatic heterocycles. The van der Waals surface area contributed by atoms with Crippen LogP contribution in [0.15, 0.2) is 4.99 Å². The summed E-state index contributed by atoms with van der Waals surface area (Å²) >= 11 is 0. The number of carbonyl (C=O) groups excluding carboxylic acids is 1. The molecular weight excluding hydrogens is 298 g/mol. The Labute approximate surface area is 139 Å². The van der Waals surface area contributed by atoms with E-state index in [1.54, 1.807) is 7.05 Å². The van der Waals surface area contributed by atoms with Gasteiger partial charge in [0.1, 0.15) is 5.60 Å². The Bertz CT molecular complexity index is 395. The number of nitrogens with one attached hydrogen (secondary N) is 3. The zero-order valence-corrected chi connectivity index (χ0v) is 14.9. The summed E-state index contributed by atoms with van der Waals surface area (Å²) in [6.45, 7) is 9.86. The summed E-state index contributed by atoms with van der Waals surface area (Å²) in [7, 11) is 3.80. The van der Waals surface area contributed by atoms with Crippen LogP contribution in [0.3, 0.4) is 0 Å². The first-order chi connectivity index (χ1) is 10.8. The van der Waals surface area contributed by atoms with Crippen molar-refractivity contribution in [3.8, 4) is 0 Å². The van der Waals surface area contributed by atoms with Crippen LogP contribution in [0, 0.1) is 0 Å². The molecule has 1 unspecified atom stereocenters. The van der Waals surface area contributed by atoms with Crippen LogP contribution in [0.1, 0.15) is 20.8 Å². The number of morpholine rings is 1. The van der Waals surface area contributed by atoms with Crippen molar-refractivity contribution < 1.29 is 14.3 Å². The van der Waals surface area contributed by atoms with Gasteiger partial charge in [0.25, 0.3) is 0 Å². The van der Waals surface area contributed by atoms with E-state index in [9.17, 15) is 4.79 Å². The number of likely N-dealkylation sites (N-methyl/N-ethyl adjacent to an activating group) is 1. The van der Waals surface area contributed by atoms with Crippen molar-refractivity contribution in [2.75, 3.05) is 53.4 Å². The monoisotopic (exact) mass is 329 g/mol. The standard InChI is InChI=1S/C15H31N5O3/c1-15(2,3)23-14(21)18-7-6-17-13(16-4)19-10-12-11-20(5)8-9-22-12/h12H,6-11H2,1-5H3,(H,18,21)(H2,16,17,19). The van der Waals surface area contributed by atoms with Gasteiger partial charge >= 0.3 is 6.09 Å². The van der Waals surface area contributed by atoms with Gasteiger partial charge in [0.2, 0.25) is 0 Å². The van der Waals surface area contributed by atoms with Crippen molar-refractivity contribution in [1.82, 2.24) is 20.9 Å². The predicted octanol–water partition coefficient (Wildman–Crippen LogP) is 0.00670. The molecular formula is C15H31N5O3. The minimum atomic E-state index is -0.484. The first-order valence-corrected chi connectivity index (χ1v) is 8.01. The second-order valence-corrected chi connectivity index (χ2v) is 6.56. The average Bonchev–Trinajstić information content (AvgIpc) is 2.44.